The molecule has 0 aliphatic carbocycles. The first kappa shape index (κ1) is 13.7. The maximum atomic E-state index is 13.3. The lowest BCUT2D eigenvalue weighted by molar-refractivity contribution is 0.121. The first-order chi connectivity index (χ1) is 9.66. The van der Waals surface area contributed by atoms with Crippen LogP contribution in [0.3, 0.4) is 0 Å². The van der Waals surface area contributed by atoms with Crippen LogP contribution in [0, 0.1) is 0 Å². The molecular weight excluding hydrogens is 330 g/mol. The molecule has 2 aromatic rings. The van der Waals surface area contributed by atoms with Crippen LogP contribution in [-0.4, -0.2) is 31.3 Å². The van der Waals surface area contributed by atoms with E-state index in [4.69, 9.17) is 4.74 Å². The van der Waals surface area contributed by atoms with Crippen molar-refractivity contribution in [3.8, 4) is 0 Å². The molecule has 0 N–H and O–H groups in total. The van der Waals surface area contributed by atoms with Crippen LogP contribution in [0.1, 0.15) is 12.0 Å². The summed E-state index contributed by atoms with van der Waals surface area (Å²) in [5.41, 5.74) is 1.28. The van der Waals surface area contributed by atoms with E-state index in [-0.39, 0.29) is 5.56 Å². The molecule has 1 aromatic carbocycles. The molecule has 2 heterocycles. The lowest BCUT2D eigenvalue weighted by atomic mass is 10.1. The van der Waals surface area contributed by atoms with E-state index in [0.29, 0.717) is 32.0 Å². The highest BCUT2D eigenvalue weighted by Crippen LogP contribution is 2.36. The van der Waals surface area contributed by atoms with Gasteiger partial charge >= 0.3 is 0 Å². The Bertz CT molecular complexity index is 630. The summed E-state index contributed by atoms with van der Waals surface area (Å²) >= 11 is 3.39. The summed E-state index contributed by atoms with van der Waals surface area (Å²) in [5, 5.41) is 0.749. The highest BCUT2D eigenvalue weighted by atomic mass is 79.9. The number of rotatable bonds is 2. The number of alkyl halides is 2. The van der Waals surface area contributed by atoms with Crippen LogP contribution in [0.5, 0.6) is 0 Å². The maximum Gasteiger partial charge on any atom is 0.267 e. The van der Waals surface area contributed by atoms with Crippen molar-refractivity contribution in [3.05, 3.63) is 34.4 Å². The Labute approximate surface area is 123 Å². The molecule has 0 unspecified atom stereocenters. The summed E-state index contributed by atoms with van der Waals surface area (Å²) in [7, 11) is 0. The lowest BCUT2D eigenvalue weighted by Crippen LogP contribution is -2.37. The van der Waals surface area contributed by atoms with Gasteiger partial charge in [-0.15, -0.1) is 0 Å². The number of fused-ring (bicyclic) bond motifs is 1. The van der Waals surface area contributed by atoms with Crippen molar-refractivity contribution in [2.45, 2.75) is 6.43 Å². The second-order valence-corrected chi connectivity index (χ2v) is 5.54. The van der Waals surface area contributed by atoms with Gasteiger partial charge in [0.1, 0.15) is 0 Å². The third-order valence-corrected chi connectivity index (χ3v) is 3.89. The van der Waals surface area contributed by atoms with Crippen LogP contribution < -0.4 is 4.90 Å². The topological polar surface area (TPSA) is 25.4 Å². The Hall–Kier alpha value is -1.27. The fourth-order valence-electron chi connectivity index (χ4n) is 2.47. The number of ether oxygens (including phenoxy) is 1. The molecule has 0 atom stereocenters. The van der Waals surface area contributed by atoms with Gasteiger partial charge in [-0.1, -0.05) is 15.9 Å². The van der Waals surface area contributed by atoms with Crippen molar-refractivity contribution in [3.63, 3.8) is 0 Å². The summed E-state index contributed by atoms with van der Waals surface area (Å²) in [6.45, 7) is 2.34. The number of hydrogen-bond donors (Lipinski definition) is 0. The molecule has 6 heteroatoms. The van der Waals surface area contributed by atoms with Crippen LogP contribution in [-0.2, 0) is 4.74 Å². The highest BCUT2D eigenvalue weighted by molar-refractivity contribution is 9.10. The third kappa shape index (κ3) is 2.50. The van der Waals surface area contributed by atoms with Gasteiger partial charge in [0.15, 0.2) is 0 Å². The van der Waals surface area contributed by atoms with Gasteiger partial charge in [-0.05, 0) is 18.2 Å². The Morgan fingerprint density at radius 1 is 1.25 bits per heavy atom. The zero-order valence-electron chi connectivity index (χ0n) is 10.7. The standard InChI is InChI=1S/C14H13BrF2N2O/c15-9-1-2-12-10(7-9)13(11(8-18-12)14(16)17)19-3-5-20-6-4-19/h1-2,7-8,14H,3-6H2. The SMILES string of the molecule is FC(F)c1cnc2ccc(Br)cc2c1N1CCOCC1. The van der Waals surface area contributed by atoms with E-state index in [1.54, 1.807) is 0 Å². The highest BCUT2D eigenvalue weighted by Gasteiger charge is 2.23. The average molecular weight is 343 g/mol. The number of pyridine rings is 1. The minimum Gasteiger partial charge on any atom is -0.378 e. The monoisotopic (exact) mass is 342 g/mol. The van der Waals surface area contributed by atoms with Crippen LogP contribution in [0.2, 0.25) is 0 Å². The molecule has 1 aliphatic heterocycles. The lowest BCUT2D eigenvalue weighted by Gasteiger charge is -2.31. The van der Waals surface area contributed by atoms with Gasteiger partial charge < -0.3 is 9.64 Å². The molecule has 3 nitrogen and oxygen atoms in total. The van der Waals surface area contributed by atoms with E-state index >= 15 is 0 Å². The van der Waals surface area contributed by atoms with E-state index in [2.05, 4.69) is 20.9 Å². The quantitative estimate of drug-likeness (QED) is 0.830. The van der Waals surface area contributed by atoms with Gasteiger partial charge in [0.05, 0.1) is 30.0 Å². The van der Waals surface area contributed by atoms with Crippen molar-refractivity contribution >= 4 is 32.5 Å². The maximum absolute atomic E-state index is 13.3. The first-order valence-electron chi connectivity index (χ1n) is 6.36. The summed E-state index contributed by atoms with van der Waals surface area (Å²) in [4.78, 5) is 6.10. The van der Waals surface area contributed by atoms with Crippen LogP contribution >= 0.6 is 15.9 Å². The van der Waals surface area contributed by atoms with Gasteiger partial charge in [-0.25, -0.2) is 8.78 Å². The first-order valence-corrected chi connectivity index (χ1v) is 7.15. The minimum atomic E-state index is -2.54. The van der Waals surface area contributed by atoms with Gasteiger partial charge in [0.25, 0.3) is 6.43 Å². The van der Waals surface area contributed by atoms with Crippen molar-refractivity contribution in [1.29, 1.82) is 0 Å². The van der Waals surface area contributed by atoms with Gasteiger partial charge in [-0.2, -0.15) is 0 Å². The molecule has 3 rings (SSSR count). The Kier molecular flexibility index (Phi) is 3.85. The number of hydrogen-bond acceptors (Lipinski definition) is 3. The van der Waals surface area contributed by atoms with Crippen molar-refractivity contribution < 1.29 is 13.5 Å². The zero-order chi connectivity index (χ0) is 14.1. The summed E-state index contributed by atoms with van der Waals surface area (Å²) < 4.78 is 32.8. The van der Waals surface area contributed by atoms with Gasteiger partial charge in [0.2, 0.25) is 0 Å². The predicted octanol–water partition coefficient (Wildman–Crippen LogP) is 3.77. The van der Waals surface area contributed by atoms with Crippen LogP contribution in [0.4, 0.5) is 14.5 Å². The second-order valence-electron chi connectivity index (χ2n) is 4.62. The molecular formula is C14H13BrF2N2O. The zero-order valence-corrected chi connectivity index (χ0v) is 12.2. The van der Waals surface area contributed by atoms with E-state index in [9.17, 15) is 8.78 Å². The fourth-order valence-corrected chi connectivity index (χ4v) is 2.83. The van der Waals surface area contributed by atoms with Crippen LogP contribution in [0.15, 0.2) is 28.9 Å². The van der Waals surface area contributed by atoms with E-state index in [1.807, 2.05) is 23.1 Å². The Morgan fingerprint density at radius 2 is 2.00 bits per heavy atom. The number of morpholine rings is 1. The van der Waals surface area contributed by atoms with E-state index in [1.165, 1.54) is 6.20 Å². The summed E-state index contributed by atoms with van der Waals surface area (Å²) in [6.07, 6.45) is -1.25. The molecule has 0 bridgehead atoms. The molecule has 0 amide bonds. The molecule has 106 valence electrons. The molecule has 1 aromatic heterocycles. The third-order valence-electron chi connectivity index (χ3n) is 3.39. The van der Waals surface area contributed by atoms with E-state index < -0.39 is 6.43 Å². The molecule has 0 spiro atoms. The average Bonchev–Trinajstić information content (AvgIpc) is 2.46. The predicted molar refractivity (Wildman–Crippen MR) is 77.4 cm³/mol. The molecule has 0 saturated carbocycles. The number of halogens is 3. The minimum absolute atomic E-state index is 0.0162. The van der Waals surface area contributed by atoms with Crippen molar-refractivity contribution in [2.75, 3.05) is 31.2 Å². The smallest absolute Gasteiger partial charge is 0.267 e. The normalized spacial score (nSPS) is 16.1. The van der Waals surface area contributed by atoms with Gasteiger partial charge in [0, 0.05) is 29.1 Å². The van der Waals surface area contributed by atoms with E-state index in [0.717, 1.165) is 15.4 Å². The Balaban J connectivity index is 2.22. The summed E-state index contributed by atoms with van der Waals surface area (Å²) in [5.74, 6) is 0. The second kappa shape index (κ2) is 5.61. The summed E-state index contributed by atoms with van der Waals surface area (Å²) in [6, 6.07) is 5.54. The Morgan fingerprint density at radius 3 is 2.70 bits per heavy atom. The van der Waals surface area contributed by atoms with Crippen molar-refractivity contribution in [1.82, 2.24) is 4.98 Å². The largest absolute Gasteiger partial charge is 0.378 e. The van der Waals surface area contributed by atoms with Crippen LogP contribution in [0.25, 0.3) is 10.9 Å². The molecule has 0 radical (unpaired) electrons. The van der Waals surface area contributed by atoms with Crippen molar-refractivity contribution in [2.24, 2.45) is 0 Å². The van der Waals surface area contributed by atoms with Gasteiger partial charge in [-0.3, -0.25) is 4.98 Å². The number of anilines is 1. The molecule has 1 aliphatic rings. The molecule has 20 heavy (non-hydrogen) atoms. The molecule has 1 fully saturated rings. The molecule has 1 saturated heterocycles. The number of aromatic nitrogens is 1. The fraction of sp³-hybridized carbons (Fsp3) is 0.357. The number of nitrogens with zero attached hydrogens (tertiary/aromatic N) is 2. The number of benzene rings is 1.